The van der Waals surface area contributed by atoms with Gasteiger partial charge in [-0.2, -0.15) is 0 Å². The summed E-state index contributed by atoms with van der Waals surface area (Å²) in [6.07, 6.45) is 2.44. The number of ether oxygens (including phenoxy) is 1. The molecule has 0 fully saturated rings. The Morgan fingerprint density at radius 2 is 2.10 bits per heavy atom. The summed E-state index contributed by atoms with van der Waals surface area (Å²) in [6, 6.07) is 8.77. The van der Waals surface area contributed by atoms with Gasteiger partial charge in [0, 0.05) is 37.9 Å². The maximum atomic E-state index is 11.9. The summed E-state index contributed by atoms with van der Waals surface area (Å²) in [5, 5.41) is 3.45. The lowest BCUT2D eigenvalue weighted by Gasteiger charge is -2.10. The van der Waals surface area contributed by atoms with Crippen molar-refractivity contribution in [1.82, 2.24) is 9.88 Å². The molecule has 0 aliphatic rings. The van der Waals surface area contributed by atoms with Crippen LogP contribution < -0.4 is 10.7 Å². The first-order valence-corrected chi connectivity index (χ1v) is 6.56. The van der Waals surface area contributed by atoms with Crippen molar-refractivity contribution in [2.24, 2.45) is 0 Å². The summed E-state index contributed by atoms with van der Waals surface area (Å²) in [4.78, 5) is 23.6. The number of nitrogens with zero attached hydrogens (tertiary/aromatic N) is 1. The minimum atomic E-state index is -0.0742. The largest absolute Gasteiger partial charge is 0.385 e. The zero-order chi connectivity index (χ0) is 14.4. The third-order valence-corrected chi connectivity index (χ3v) is 3.05. The van der Waals surface area contributed by atoms with Gasteiger partial charge in [0.05, 0.1) is 5.52 Å². The zero-order valence-corrected chi connectivity index (χ0v) is 11.5. The number of carbonyl (C=O) groups excluding carboxylic acids is 1. The fourth-order valence-electron chi connectivity index (χ4n) is 2.05. The van der Waals surface area contributed by atoms with Crippen LogP contribution in [0.5, 0.6) is 0 Å². The summed E-state index contributed by atoms with van der Waals surface area (Å²) < 4.78 is 6.70. The number of nitrogens with one attached hydrogen (secondary N) is 1. The first-order chi connectivity index (χ1) is 9.72. The lowest BCUT2D eigenvalue weighted by Crippen LogP contribution is -2.29. The van der Waals surface area contributed by atoms with E-state index in [-0.39, 0.29) is 17.9 Å². The van der Waals surface area contributed by atoms with Gasteiger partial charge in [-0.25, -0.2) is 0 Å². The number of hydrogen-bond acceptors (Lipinski definition) is 3. The zero-order valence-electron chi connectivity index (χ0n) is 11.5. The highest BCUT2D eigenvalue weighted by molar-refractivity contribution is 5.82. The van der Waals surface area contributed by atoms with Gasteiger partial charge in [0.25, 0.3) is 0 Å². The van der Waals surface area contributed by atoms with Crippen LogP contribution in [-0.4, -0.2) is 30.7 Å². The predicted molar refractivity (Wildman–Crippen MR) is 77.7 cm³/mol. The minimum absolute atomic E-state index is 0.0302. The van der Waals surface area contributed by atoms with Gasteiger partial charge in [-0.3, -0.25) is 9.59 Å². The third kappa shape index (κ3) is 3.45. The van der Waals surface area contributed by atoms with E-state index in [4.69, 9.17) is 4.74 Å². The number of para-hydroxylation sites is 1. The van der Waals surface area contributed by atoms with Crippen molar-refractivity contribution in [2.45, 2.75) is 13.0 Å². The molecule has 0 aliphatic heterocycles. The van der Waals surface area contributed by atoms with Crippen LogP contribution in [0.25, 0.3) is 10.9 Å². The number of methoxy groups -OCH3 is 1. The summed E-state index contributed by atoms with van der Waals surface area (Å²) in [7, 11) is 1.63. The van der Waals surface area contributed by atoms with Crippen LogP contribution in [0.15, 0.2) is 41.3 Å². The molecule has 2 aromatic rings. The number of carbonyl (C=O) groups is 1. The maximum absolute atomic E-state index is 11.9. The van der Waals surface area contributed by atoms with Crippen LogP contribution in [-0.2, 0) is 16.1 Å². The Morgan fingerprint density at radius 1 is 1.30 bits per heavy atom. The van der Waals surface area contributed by atoms with Gasteiger partial charge < -0.3 is 14.6 Å². The Balaban J connectivity index is 2.08. The van der Waals surface area contributed by atoms with Crippen molar-refractivity contribution >= 4 is 16.8 Å². The molecule has 0 aliphatic carbocycles. The molecule has 0 bridgehead atoms. The fraction of sp³-hybridized carbons (Fsp3) is 0.333. The van der Waals surface area contributed by atoms with Crippen molar-refractivity contribution in [2.75, 3.05) is 20.3 Å². The van der Waals surface area contributed by atoms with E-state index in [0.29, 0.717) is 18.5 Å². The van der Waals surface area contributed by atoms with Crippen LogP contribution in [0.4, 0.5) is 0 Å². The SMILES string of the molecule is COCCCNC(=O)Cn1ccc(=O)c2ccccc21. The monoisotopic (exact) mass is 274 g/mol. The smallest absolute Gasteiger partial charge is 0.239 e. The van der Waals surface area contributed by atoms with E-state index in [1.807, 2.05) is 18.2 Å². The minimum Gasteiger partial charge on any atom is -0.385 e. The molecule has 20 heavy (non-hydrogen) atoms. The Morgan fingerprint density at radius 3 is 2.90 bits per heavy atom. The molecule has 5 heteroatoms. The molecule has 106 valence electrons. The maximum Gasteiger partial charge on any atom is 0.239 e. The third-order valence-electron chi connectivity index (χ3n) is 3.05. The molecule has 0 saturated heterocycles. The molecular formula is C15H18N2O3. The number of hydrogen-bond donors (Lipinski definition) is 1. The second-order valence-corrected chi connectivity index (χ2v) is 4.52. The first-order valence-electron chi connectivity index (χ1n) is 6.56. The van der Waals surface area contributed by atoms with Crippen LogP contribution >= 0.6 is 0 Å². The van der Waals surface area contributed by atoms with Gasteiger partial charge >= 0.3 is 0 Å². The summed E-state index contributed by atoms with van der Waals surface area (Å²) in [5.41, 5.74) is 0.740. The van der Waals surface area contributed by atoms with Gasteiger partial charge in [-0.1, -0.05) is 12.1 Å². The average Bonchev–Trinajstić information content (AvgIpc) is 2.47. The van der Waals surface area contributed by atoms with Crippen molar-refractivity contribution in [3.63, 3.8) is 0 Å². The van der Waals surface area contributed by atoms with Crippen LogP contribution in [0.2, 0.25) is 0 Å². The molecule has 1 amide bonds. The Labute approximate surface area is 117 Å². The molecule has 0 saturated carbocycles. The average molecular weight is 274 g/mol. The van der Waals surface area contributed by atoms with Crippen molar-refractivity contribution in [3.05, 3.63) is 46.8 Å². The number of aromatic nitrogens is 1. The van der Waals surface area contributed by atoms with E-state index in [1.165, 1.54) is 6.07 Å². The van der Waals surface area contributed by atoms with E-state index < -0.39 is 0 Å². The number of amides is 1. The number of fused-ring (bicyclic) bond motifs is 1. The van der Waals surface area contributed by atoms with Crippen molar-refractivity contribution in [3.8, 4) is 0 Å². The van der Waals surface area contributed by atoms with E-state index in [0.717, 1.165) is 11.9 Å². The normalized spacial score (nSPS) is 10.7. The van der Waals surface area contributed by atoms with Gasteiger partial charge in [0.2, 0.25) is 5.91 Å². The Bertz CT molecular complexity index is 649. The quantitative estimate of drug-likeness (QED) is 0.804. The van der Waals surface area contributed by atoms with Gasteiger partial charge in [0.1, 0.15) is 6.54 Å². The molecule has 0 spiro atoms. The van der Waals surface area contributed by atoms with E-state index in [9.17, 15) is 9.59 Å². The summed E-state index contributed by atoms with van der Waals surface area (Å²) >= 11 is 0. The highest BCUT2D eigenvalue weighted by Gasteiger charge is 2.06. The van der Waals surface area contributed by atoms with E-state index in [2.05, 4.69) is 5.32 Å². The molecule has 2 rings (SSSR count). The van der Waals surface area contributed by atoms with Crippen molar-refractivity contribution in [1.29, 1.82) is 0 Å². The molecule has 1 heterocycles. The Hall–Kier alpha value is -2.14. The van der Waals surface area contributed by atoms with Gasteiger partial charge in [-0.15, -0.1) is 0 Å². The molecular weight excluding hydrogens is 256 g/mol. The molecule has 0 unspecified atom stereocenters. The number of rotatable bonds is 6. The molecule has 1 aromatic carbocycles. The number of pyridine rings is 1. The fourth-order valence-corrected chi connectivity index (χ4v) is 2.05. The molecule has 1 N–H and O–H groups in total. The Kier molecular flexibility index (Phi) is 4.90. The van der Waals surface area contributed by atoms with Gasteiger partial charge in [0.15, 0.2) is 5.43 Å². The van der Waals surface area contributed by atoms with E-state index in [1.54, 1.807) is 23.9 Å². The standard InChI is InChI=1S/C15H18N2O3/c1-20-10-4-8-16-15(19)11-17-9-7-14(18)12-5-2-3-6-13(12)17/h2-3,5-7,9H,4,8,10-11H2,1H3,(H,16,19). The van der Waals surface area contributed by atoms with E-state index >= 15 is 0 Å². The highest BCUT2D eigenvalue weighted by atomic mass is 16.5. The van der Waals surface area contributed by atoms with Crippen LogP contribution in [0, 0.1) is 0 Å². The molecule has 5 nitrogen and oxygen atoms in total. The second-order valence-electron chi connectivity index (χ2n) is 4.52. The molecule has 0 atom stereocenters. The first kappa shape index (κ1) is 14.3. The predicted octanol–water partition coefficient (Wildman–Crippen LogP) is 1.15. The highest BCUT2D eigenvalue weighted by Crippen LogP contribution is 2.08. The van der Waals surface area contributed by atoms with Gasteiger partial charge in [-0.05, 0) is 18.6 Å². The van der Waals surface area contributed by atoms with Crippen LogP contribution in [0.1, 0.15) is 6.42 Å². The molecule has 0 radical (unpaired) electrons. The topological polar surface area (TPSA) is 60.3 Å². The van der Waals surface area contributed by atoms with Crippen LogP contribution in [0.3, 0.4) is 0 Å². The lowest BCUT2D eigenvalue weighted by molar-refractivity contribution is -0.121. The lowest BCUT2D eigenvalue weighted by atomic mass is 10.2. The number of benzene rings is 1. The summed E-state index contributed by atoms with van der Waals surface area (Å²) in [6.45, 7) is 1.42. The summed E-state index contributed by atoms with van der Waals surface area (Å²) in [5.74, 6) is -0.0742. The van der Waals surface area contributed by atoms with Crippen molar-refractivity contribution < 1.29 is 9.53 Å². The second kappa shape index (κ2) is 6.86. The molecule has 1 aromatic heterocycles.